The molecule has 1 aromatic rings. The van der Waals surface area contributed by atoms with Gasteiger partial charge >= 0.3 is 5.97 Å². The van der Waals surface area contributed by atoms with Gasteiger partial charge in [0.15, 0.2) is 0 Å². The van der Waals surface area contributed by atoms with Crippen LogP contribution < -0.4 is 5.32 Å². The molecule has 3 heteroatoms. The second kappa shape index (κ2) is 4.66. The molecule has 3 nitrogen and oxygen atoms in total. The highest BCUT2D eigenvalue weighted by molar-refractivity contribution is 5.73. The first-order chi connectivity index (χ1) is 7.74. The summed E-state index contributed by atoms with van der Waals surface area (Å²) >= 11 is 0. The van der Waals surface area contributed by atoms with Crippen LogP contribution in [0.1, 0.15) is 23.6 Å². The summed E-state index contributed by atoms with van der Waals surface area (Å²) in [5.74, 6) is -0.0758. The number of nitrogens with two attached hydrogens (primary N) is 1. The molecule has 2 N–H and O–H groups in total. The van der Waals surface area contributed by atoms with Gasteiger partial charge in [-0.3, -0.25) is 4.79 Å². The zero-order chi connectivity index (χ0) is 11.5. The highest BCUT2D eigenvalue weighted by Gasteiger charge is 2.38. The lowest BCUT2D eigenvalue weighted by Crippen LogP contribution is -2.82. The van der Waals surface area contributed by atoms with E-state index in [0.29, 0.717) is 0 Å². The molecule has 0 amide bonds. The smallest absolute Gasteiger partial charge is 0.315 e. The maximum atomic E-state index is 11.7. The molecule has 1 aliphatic rings. The molecule has 0 saturated carbocycles. The van der Waals surface area contributed by atoms with Crippen molar-refractivity contribution in [2.24, 2.45) is 5.92 Å². The van der Waals surface area contributed by atoms with Crippen LogP contribution in [0.15, 0.2) is 24.3 Å². The highest BCUT2D eigenvalue weighted by Crippen LogP contribution is 2.27. The number of carbonyl (C=O) groups excluding carboxylic acids is 1. The van der Waals surface area contributed by atoms with Crippen molar-refractivity contribution in [1.82, 2.24) is 0 Å². The highest BCUT2D eigenvalue weighted by atomic mass is 16.5. The SMILES string of the molecule is COC(=O)[C@@H]1CC[NH2+][C@H]1c1ccccc1C. The maximum Gasteiger partial charge on any atom is 0.315 e. The van der Waals surface area contributed by atoms with Crippen molar-refractivity contribution in [3.8, 4) is 0 Å². The summed E-state index contributed by atoms with van der Waals surface area (Å²) in [6, 6.07) is 8.49. The molecule has 1 aliphatic heterocycles. The van der Waals surface area contributed by atoms with Gasteiger partial charge in [-0.25, -0.2) is 0 Å². The monoisotopic (exact) mass is 220 g/mol. The predicted octanol–water partition coefficient (Wildman–Crippen LogP) is 0.792. The predicted molar refractivity (Wildman–Crippen MR) is 60.8 cm³/mol. The molecule has 1 aromatic carbocycles. The molecular weight excluding hydrogens is 202 g/mol. The van der Waals surface area contributed by atoms with Crippen LogP contribution >= 0.6 is 0 Å². The summed E-state index contributed by atoms with van der Waals surface area (Å²) < 4.78 is 4.87. The van der Waals surface area contributed by atoms with E-state index in [4.69, 9.17) is 4.74 Å². The fourth-order valence-electron chi connectivity index (χ4n) is 2.52. The molecule has 0 aromatic heterocycles. The Hall–Kier alpha value is -1.35. The molecular formula is C13H18NO2+. The molecule has 0 spiro atoms. The molecule has 0 bridgehead atoms. The minimum absolute atomic E-state index is 0.00565. The number of methoxy groups -OCH3 is 1. The minimum Gasteiger partial charge on any atom is -0.469 e. The number of carbonyl (C=O) groups is 1. The average Bonchev–Trinajstić information content (AvgIpc) is 2.77. The molecule has 2 atom stereocenters. The number of rotatable bonds is 2. The van der Waals surface area contributed by atoms with Crippen LogP contribution in [0.3, 0.4) is 0 Å². The average molecular weight is 220 g/mol. The van der Waals surface area contributed by atoms with E-state index in [1.54, 1.807) is 0 Å². The van der Waals surface area contributed by atoms with Gasteiger partial charge in [0.05, 0.1) is 13.7 Å². The van der Waals surface area contributed by atoms with Crippen molar-refractivity contribution < 1.29 is 14.8 Å². The van der Waals surface area contributed by atoms with Crippen LogP contribution in [-0.2, 0) is 9.53 Å². The van der Waals surface area contributed by atoms with Crippen molar-refractivity contribution in [2.75, 3.05) is 13.7 Å². The van der Waals surface area contributed by atoms with Crippen LogP contribution in [-0.4, -0.2) is 19.6 Å². The molecule has 1 saturated heterocycles. The van der Waals surface area contributed by atoms with Crippen molar-refractivity contribution in [3.05, 3.63) is 35.4 Å². The van der Waals surface area contributed by atoms with E-state index < -0.39 is 0 Å². The molecule has 0 radical (unpaired) electrons. The largest absolute Gasteiger partial charge is 0.469 e. The van der Waals surface area contributed by atoms with Gasteiger partial charge < -0.3 is 10.1 Å². The van der Waals surface area contributed by atoms with Gasteiger partial charge in [0.1, 0.15) is 12.0 Å². The molecule has 0 aliphatic carbocycles. The van der Waals surface area contributed by atoms with E-state index in [1.165, 1.54) is 18.2 Å². The maximum absolute atomic E-state index is 11.7. The Kier molecular flexibility index (Phi) is 3.25. The van der Waals surface area contributed by atoms with Crippen LogP contribution in [0.25, 0.3) is 0 Å². The van der Waals surface area contributed by atoms with Gasteiger partial charge in [-0.05, 0) is 12.5 Å². The van der Waals surface area contributed by atoms with Crippen LogP contribution in [0.5, 0.6) is 0 Å². The normalized spacial score (nSPS) is 24.4. The first-order valence-electron chi connectivity index (χ1n) is 5.70. The van der Waals surface area contributed by atoms with Gasteiger partial charge in [-0.15, -0.1) is 0 Å². The zero-order valence-electron chi connectivity index (χ0n) is 9.77. The number of hydrogen-bond donors (Lipinski definition) is 1. The molecule has 2 rings (SSSR count). The lowest BCUT2D eigenvalue weighted by molar-refractivity contribution is -0.678. The van der Waals surface area contributed by atoms with E-state index in [0.717, 1.165) is 13.0 Å². The van der Waals surface area contributed by atoms with E-state index in [9.17, 15) is 4.79 Å². The summed E-state index contributed by atoms with van der Waals surface area (Å²) in [5.41, 5.74) is 2.51. The third-order valence-corrected chi connectivity index (χ3v) is 3.38. The second-order valence-corrected chi connectivity index (χ2v) is 4.33. The Bertz CT molecular complexity index is 389. The van der Waals surface area contributed by atoms with Crippen LogP contribution in [0, 0.1) is 12.8 Å². The van der Waals surface area contributed by atoms with E-state index in [-0.39, 0.29) is 17.9 Å². The number of aryl methyl sites for hydroxylation is 1. The summed E-state index contributed by atoms with van der Waals surface area (Å²) in [6.07, 6.45) is 0.908. The van der Waals surface area contributed by atoms with Crippen LogP contribution in [0.2, 0.25) is 0 Å². The first-order valence-corrected chi connectivity index (χ1v) is 5.70. The number of quaternary nitrogens is 1. The number of benzene rings is 1. The molecule has 0 unspecified atom stereocenters. The van der Waals surface area contributed by atoms with Crippen molar-refractivity contribution in [3.63, 3.8) is 0 Å². The Balaban J connectivity index is 2.27. The number of esters is 1. The number of ether oxygens (including phenoxy) is 1. The minimum atomic E-state index is -0.0815. The third-order valence-electron chi connectivity index (χ3n) is 3.38. The second-order valence-electron chi connectivity index (χ2n) is 4.33. The van der Waals surface area contributed by atoms with Crippen molar-refractivity contribution in [2.45, 2.75) is 19.4 Å². The van der Waals surface area contributed by atoms with Crippen molar-refractivity contribution in [1.29, 1.82) is 0 Å². The zero-order valence-corrected chi connectivity index (χ0v) is 9.77. The Morgan fingerprint density at radius 1 is 1.44 bits per heavy atom. The van der Waals surface area contributed by atoms with Gasteiger partial charge in [0, 0.05) is 12.0 Å². The van der Waals surface area contributed by atoms with E-state index in [2.05, 4.69) is 24.4 Å². The van der Waals surface area contributed by atoms with Gasteiger partial charge in [-0.2, -0.15) is 0 Å². The summed E-state index contributed by atoms with van der Waals surface area (Å²) in [6.45, 7) is 3.09. The Morgan fingerprint density at radius 2 is 2.19 bits per heavy atom. The molecule has 86 valence electrons. The van der Waals surface area contributed by atoms with E-state index in [1.807, 2.05) is 12.1 Å². The van der Waals surface area contributed by atoms with E-state index >= 15 is 0 Å². The fourth-order valence-corrected chi connectivity index (χ4v) is 2.52. The summed E-state index contributed by atoms with van der Waals surface area (Å²) in [5, 5.41) is 2.24. The molecule has 1 heterocycles. The molecule has 1 fully saturated rings. The first kappa shape index (κ1) is 11.1. The Labute approximate surface area is 95.8 Å². The van der Waals surface area contributed by atoms with Gasteiger partial charge in [-0.1, -0.05) is 24.3 Å². The number of hydrogen-bond acceptors (Lipinski definition) is 2. The summed E-state index contributed by atoms with van der Waals surface area (Å²) in [4.78, 5) is 11.7. The quantitative estimate of drug-likeness (QED) is 0.749. The van der Waals surface area contributed by atoms with Crippen LogP contribution in [0.4, 0.5) is 0 Å². The lowest BCUT2D eigenvalue weighted by atomic mass is 9.91. The lowest BCUT2D eigenvalue weighted by Gasteiger charge is -2.16. The summed E-state index contributed by atoms with van der Waals surface area (Å²) in [7, 11) is 1.47. The topological polar surface area (TPSA) is 42.9 Å². The van der Waals surface area contributed by atoms with Crippen molar-refractivity contribution >= 4 is 5.97 Å². The van der Waals surface area contributed by atoms with Gasteiger partial charge in [0.2, 0.25) is 0 Å². The third kappa shape index (κ3) is 1.95. The Morgan fingerprint density at radius 3 is 2.88 bits per heavy atom. The fraction of sp³-hybridized carbons (Fsp3) is 0.462. The van der Waals surface area contributed by atoms with Gasteiger partial charge in [0.25, 0.3) is 0 Å². The standard InChI is InChI=1S/C13H17NO2/c1-9-5-3-4-6-10(9)12-11(7-8-14-12)13(15)16-2/h3-6,11-12,14H,7-8H2,1-2H3/p+1/t11-,12+/m1/s1. The molecule has 16 heavy (non-hydrogen) atoms.